The SMILES string of the molecule is O=C(c1ccc([N+](=O)[O-])cc1Br)N1CCC(CO)CC1. The Hall–Kier alpha value is -1.47. The smallest absolute Gasteiger partial charge is 0.270 e. The summed E-state index contributed by atoms with van der Waals surface area (Å²) in [7, 11) is 0. The molecule has 1 aliphatic rings. The first-order valence-electron chi connectivity index (χ1n) is 6.37. The number of benzene rings is 1. The van der Waals surface area contributed by atoms with Gasteiger partial charge in [-0.25, -0.2) is 0 Å². The first-order valence-corrected chi connectivity index (χ1v) is 7.16. The fourth-order valence-corrected chi connectivity index (χ4v) is 2.82. The van der Waals surface area contributed by atoms with Gasteiger partial charge in [-0.2, -0.15) is 0 Å². The highest BCUT2D eigenvalue weighted by atomic mass is 79.9. The van der Waals surface area contributed by atoms with Crippen molar-refractivity contribution in [1.29, 1.82) is 0 Å². The van der Waals surface area contributed by atoms with Gasteiger partial charge in [0, 0.05) is 36.3 Å². The van der Waals surface area contributed by atoms with Crippen molar-refractivity contribution in [2.45, 2.75) is 12.8 Å². The van der Waals surface area contributed by atoms with Gasteiger partial charge in [0.05, 0.1) is 10.5 Å². The number of nitro benzene ring substituents is 1. The Labute approximate surface area is 124 Å². The Kier molecular flexibility index (Phi) is 4.72. The van der Waals surface area contributed by atoms with Crippen LogP contribution in [0.1, 0.15) is 23.2 Å². The molecule has 0 radical (unpaired) electrons. The van der Waals surface area contributed by atoms with Crippen molar-refractivity contribution < 1.29 is 14.8 Å². The number of rotatable bonds is 3. The van der Waals surface area contributed by atoms with Crippen LogP contribution in [0.15, 0.2) is 22.7 Å². The maximum absolute atomic E-state index is 12.4. The van der Waals surface area contributed by atoms with Crippen molar-refractivity contribution >= 4 is 27.5 Å². The molecular formula is C13H15BrN2O4. The van der Waals surface area contributed by atoms with Gasteiger partial charge in [-0.1, -0.05) is 0 Å². The number of halogens is 1. The second kappa shape index (κ2) is 6.32. The van der Waals surface area contributed by atoms with Crippen LogP contribution in [0.3, 0.4) is 0 Å². The predicted octanol–water partition coefficient (Wildman–Crippen LogP) is 2.20. The van der Waals surface area contributed by atoms with Gasteiger partial charge in [0.1, 0.15) is 0 Å². The van der Waals surface area contributed by atoms with Crippen molar-refractivity contribution in [2.75, 3.05) is 19.7 Å². The summed E-state index contributed by atoms with van der Waals surface area (Å²) in [5, 5.41) is 19.8. The molecule has 0 spiro atoms. The molecule has 1 N–H and O–H groups in total. The van der Waals surface area contributed by atoms with E-state index < -0.39 is 4.92 Å². The lowest BCUT2D eigenvalue weighted by Crippen LogP contribution is -2.39. The van der Waals surface area contributed by atoms with Crippen LogP contribution in [0, 0.1) is 16.0 Å². The molecule has 1 amide bonds. The van der Waals surface area contributed by atoms with E-state index in [0.29, 0.717) is 23.1 Å². The topological polar surface area (TPSA) is 83.7 Å². The number of non-ortho nitro benzene ring substituents is 1. The number of carbonyl (C=O) groups is 1. The summed E-state index contributed by atoms with van der Waals surface area (Å²) in [5.41, 5.74) is 0.380. The maximum Gasteiger partial charge on any atom is 0.270 e. The molecule has 1 aromatic rings. The van der Waals surface area contributed by atoms with Crippen LogP contribution in [-0.4, -0.2) is 40.5 Å². The van der Waals surface area contributed by atoms with Gasteiger partial charge in [0.25, 0.3) is 11.6 Å². The third kappa shape index (κ3) is 3.16. The highest BCUT2D eigenvalue weighted by Crippen LogP contribution is 2.26. The van der Waals surface area contributed by atoms with Crippen molar-refractivity contribution in [3.8, 4) is 0 Å². The second-order valence-corrected chi connectivity index (χ2v) is 5.69. The molecule has 0 bridgehead atoms. The van der Waals surface area contributed by atoms with Crippen LogP contribution >= 0.6 is 15.9 Å². The number of nitrogens with zero attached hydrogens (tertiary/aromatic N) is 2. The van der Waals surface area contributed by atoms with E-state index >= 15 is 0 Å². The number of likely N-dealkylation sites (tertiary alicyclic amines) is 1. The van der Waals surface area contributed by atoms with Gasteiger partial charge in [-0.3, -0.25) is 14.9 Å². The monoisotopic (exact) mass is 342 g/mol. The lowest BCUT2D eigenvalue weighted by molar-refractivity contribution is -0.384. The third-order valence-electron chi connectivity index (χ3n) is 3.55. The molecule has 0 atom stereocenters. The van der Waals surface area contributed by atoms with Crippen molar-refractivity contribution in [1.82, 2.24) is 4.90 Å². The number of aliphatic hydroxyl groups is 1. The summed E-state index contributed by atoms with van der Waals surface area (Å²) in [6.45, 7) is 1.37. The van der Waals surface area contributed by atoms with Crippen LogP contribution in [0.5, 0.6) is 0 Å². The summed E-state index contributed by atoms with van der Waals surface area (Å²) in [4.78, 5) is 24.3. The molecule has 1 heterocycles. The first kappa shape index (κ1) is 14.9. The van der Waals surface area contributed by atoms with Crippen molar-refractivity contribution in [3.63, 3.8) is 0 Å². The number of piperidine rings is 1. The van der Waals surface area contributed by atoms with E-state index in [0.717, 1.165) is 12.8 Å². The molecule has 1 aromatic carbocycles. The molecule has 2 rings (SSSR count). The van der Waals surface area contributed by atoms with Gasteiger partial charge in [-0.15, -0.1) is 0 Å². The maximum atomic E-state index is 12.4. The summed E-state index contributed by atoms with van der Waals surface area (Å²) >= 11 is 3.22. The van der Waals surface area contributed by atoms with Crippen molar-refractivity contribution in [3.05, 3.63) is 38.3 Å². The zero-order valence-corrected chi connectivity index (χ0v) is 12.4. The van der Waals surface area contributed by atoms with Crippen LogP contribution in [0.25, 0.3) is 0 Å². The molecule has 1 aliphatic heterocycles. The highest BCUT2D eigenvalue weighted by Gasteiger charge is 2.25. The minimum Gasteiger partial charge on any atom is -0.396 e. The number of nitro groups is 1. The number of aliphatic hydroxyl groups excluding tert-OH is 1. The minimum atomic E-state index is -0.494. The van der Waals surface area contributed by atoms with E-state index in [1.54, 1.807) is 4.90 Å². The van der Waals surface area contributed by atoms with Crippen molar-refractivity contribution in [2.24, 2.45) is 5.92 Å². The lowest BCUT2D eigenvalue weighted by atomic mass is 9.97. The summed E-state index contributed by atoms with van der Waals surface area (Å²) in [6, 6.07) is 4.15. The van der Waals surface area contributed by atoms with Gasteiger partial charge in [-0.05, 0) is 40.8 Å². The quantitative estimate of drug-likeness (QED) is 0.674. The predicted molar refractivity (Wildman–Crippen MR) is 76.5 cm³/mol. The normalized spacial score (nSPS) is 16.2. The fraction of sp³-hybridized carbons (Fsp3) is 0.462. The Morgan fingerprint density at radius 2 is 2.10 bits per heavy atom. The molecule has 6 nitrogen and oxygen atoms in total. The van der Waals surface area contributed by atoms with Crippen LogP contribution < -0.4 is 0 Å². The number of hydrogen-bond acceptors (Lipinski definition) is 4. The van der Waals surface area contributed by atoms with E-state index in [1.807, 2.05) is 0 Å². The molecule has 20 heavy (non-hydrogen) atoms. The van der Waals surface area contributed by atoms with Crippen LogP contribution in [0.4, 0.5) is 5.69 Å². The van der Waals surface area contributed by atoms with Crippen LogP contribution in [-0.2, 0) is 0 Å². The molecule has 1 saturated heterocycles. The minimum absolute atomic E-state index is 0.0487. The third-order valence-corrected chi connectivity index (χ3v) is 4.21. The number of amides is 1. The molecule has 0 aromatic heterocycles. The molecule has 108 valence electrons. The van der Waals surface area contributed by atoms with Gasteiger partial charge in [0.15, 0.2) is 0 Å². The zero-order chi connectivity index (χ0) is 14.7. The molecule has 0 saturated carbocycles. The first-order chi connectivity index (χ1) is 9.52. The molecule has 0 unspecified atom stereocenters. The zero-order valence-electron chi connectivity index (χ0n) is 10.8. The average Bonchev–Trinajstić information content (AvgIpc) is 2.46. The molecular weight excluding hydrogens is 328 g/mol. The van der Waals surface area contributed by atoms with E-state index in [9.17, 15) is 14.9 Å². The average molecular weight is 343 g/mol. The highest BCUT2D eigenvalue weighted by molar-refractivity contribution is 9.10. The second-order valence-electron chi connectivity index (χ2n) is 4.84. The lowest BCUT2D eigenvalue weighted by Gasteiger charge is -2.31. The molecule has 0 aliphatic carbocycles. The Bertz CT molecular complexity index is 527. The Morgan fingerprint density at radius 1 is 1.45 bits per heavy atom. The standard InChI is InChI=1S/C13H15BrN2O4/c14-12-7-10(16(19)20)1-2-11(12)13(18)15-5-3-9(8-17)4-6-15/h1-2,7,9,17H,3-6,8H2. The fourth-order valence-electron chi connectivity index (χ4n) is 2.28. The van der Waals surface area contributed by atoms with Gasteiger partial charge in [0.2, 0.25) is 0 Å². The number of hydrogen-bond donors (Lipinski definition) is 1. The van der Waals surface area contributed by atoms with E-state index in [4.69, 9.17) is 5.11 Å². The Morgan fingerprint density at radius 3 is 2.60 bits per heavy atom. The largest absolute Gasteiger partial charge is 0.396 e. The molecule has 1 fully saturated rings. The summed E-state index contributed by atoms with van der Waals surface area (Å²) in [6.07, 6.45) is 1.57. The number of carbonyl (C=O) groups excluding carboxylic acids is 1. The van der Waals surface area contributed by atoms with Crippen LogP contribution in [0.2, 0.25) is 0 Å². The van der Waals surface area contributed by atoms with E-state index in [-0.39, 0.29) is 24.1 Å². The summed E-state index contributed by atoms with van der Waals surface area (Å²) < 4.78 is 0.431. The molecule has 7 heteroatoms. The van der Waals surface area contributed by atoms with E-state index in [2.05, 4.69) is 15.9 Å². The Balaban J connectivity index is 2.12. The van der Waals surface area contributed by atoms with Gasteiger partial charge < -0.3 is 10.0 Å². The van der Waals surface area contributed by atoms with E-state index in [1.165, 1.54) is 18.2 Å². The van der Waals surface area contributed by atoms with Gasteiger partial charge >= 0.3 is 0 Å². The summed E-state index contributed by atoms with van der Waals surface area (Å²) in [5.74, 6) is 0.127.